The van der Waals surface area contributed by atoms with Crippen molar-refractivity contribution in [1.82, 2.24) is 10.2 Å². The molecule has 4 rings (SSSR count). The number of fused-ring (bicyclic) bond motifs is 1. The molecule has 8 nitrogen and oxygen atoms in total. The standard InChI is InChI=1S/C25H28N4O4S2/c1-25(2,3)15-8-9-18-19(12-26)23(35-20(18)10-15)27-21(30)14-34-24-29-28-22(33-24)13-32-17-7-5-6-16(11-17)31-4/h5-7,11,15H,8-10,13-14H2,1-4H3,(H,27,30)/t15-/m0/s1. The Balaban J connectivity index is 1.31. The van der Waals surface area contributed by atoms with Crippen LogP contribution in [0.4, 0.5) is 5.00 Å². The first-order valence-electron chi connectivity index (χ1n) is 11.3. The topological polar surface area (TPSA) is 110 Å². The van der Waals surface area contributed by atoms with Gasteiger partial charge >= 0.3 is 0 Å². The predicted molar refractivity (Wildman–Crippen MR) is 135 cm³/mol. The third-order valence-electron chi connectivity index (χ3n) is 6.03. The molecule has 2 aromatic heterocycles. The summed E-state index contributed by atoms with van der Waals surface area (Å²) in [7, 11) is 1.59. The molecule has 1 aromatic carbocycles. The Bertz CT molecular complexity index is 1240. The summed E-state index contributed by atoms with van der Waals surface area (Å²) < 4.78 is 16.4. The minimum atomic E-state index is -0.218. The van der Waals surface area contributed by atoms with Gasteiger partial charge in [-0.25, -0.2) is 0 Å². The fraction of sp³-hybridized carbons (Fsp3) is 0.440. The molecule has 0 bridgehead atoms. The largest absolute Gasteiger partial charge is 0.497 e. The number of thioether (sulfide) groups is 1. The molecule has 0 aliphatic heterocycles. The van der Waals surface area contributed by atoms with Crippen LogP contribution in [0, 0.1) is 22.7 Å². The molecule has 0 spiro atoms. The van der Waals surface area contributed by atoms with Crippen molar-refractivity contribution in [2.75, 3.05) is 18.2 Å². The molecule has 35 heavy (non-hydrogen) atoms. The molecule has 1 N–H and O–H groups in total. The second-order valence-electron chi connectivity index (χ2n) is 9.39. The summed E-state index contributed by atoms with van der Waals surface area (Å²) in [5.41, 5.74) is 1.92. The number of amides is 1. The number of nitrogens with one attached hydrogen (secondary N) is 1. The first-order valence-corrected chi connectivity index (χ1v) is 13.1. The molecule has 0 saturated carbocycles. The van der Waals surface area contributed by atoms with Crippen LogP contribution in [0.5, 0.6) is 11.5 Å². The van der Waals surface area contributed by atoms with Crippen molar-refractivity contribution in [1.29, 1.82) is 5.26 Å². The maximum atomic E-state index is 12.6. The van der Waals surface area contributed by atoms with Gasteiger partial charge in [-0.3, -0.25) is 4.79 Å². The fourth-order valence-electron chi connectivity index (χ4n) is 4.01. The van der Waals surface area contributed by atoms with Crippen LogP contribution in [0.3, 0.4) is 0 Å². The first-order chi connectivity index (χ1) is 16.8. The molecule has 0 fully saturated rings. The van der Waals surface area contributed by atoms with Gasteiger partial charge < -0.3 is 19.2 Å². The third-order valence-corrected chi connectivity index (χ3v) is 8.02. The zero-order chi connectivity index (χ0) is 25.0. The number of carbonyl (C=O) groups excluding carboxylic acids is 1. The first kappa shape index (κ1) is 25.1. The Hall–Kier alpha value is -3.03. The Morgan fingerprint density at radius 3 is 2.89 bits per heavy atom. The lowest BCUT2D eigenvalue weighted by Crippen LogP contribution is -2.26. The van der Waals surface area contributed by atoms with Gasteiger partial charge in [0.15, 0.2) is 6.61 Å². The van der Waals surface area contributed by atoms with Crippen molar-refractivity contribution in [3.63, 3.8) is 0 Å². The third kappa shape index (κ3) is 6.16. The lowest BCUT2D eigenvalue weighted by Gasteiger charge is -2.33. The lowest BCUT2D eigenvalue weighted by atomic mass is 9.72. The van der Waals surface area contributed by atoms with E-state index in [1.165, 1.54) is 16.2 Å². The number of carbonyl (C=O) groups is 1. The molecule has 1 aliphatic rings. The van der Waals surface area contributed by atoms with E-state index in [0.717, 1.165) is 36.6 Å². The highest BCUT2D eigenvalue weighted by molar-refractivity contribution is 7.99. The zero-order valence-electron chi connectivity index (χ0n) is 20.2. The number of nitrogens with zero attached hydrogens (tertiary/aromatic N) is 3. The molecule has 10 heteroatoms. The molecule has 0 unspecified atom stereocenters. The number of hydrogen-bond acceptors (Lipinski definition) is 9. The average Bonchev–Trinajstić information content (AvgIpc) is 3.44. The van der Waals surface area contributed by atoms with Crippen LogP contribution in [0.2, 0.25) is 0 Å². The maximum absolute atomic E-state index is 12.6. The summed E-state index contributed by atoms with van der Waals surface area (Å²) >= 11 is 2.67. The van der Waals surface area contributed by atoms with Crippen LogP contribution < -0.4 is 14.8 Å². The van der Waals surface area contributed by atoms with Crippen molar-refractivity contribution in [3.05, 3.63) is 46.2 Å². The summed E-state index contributed by atoms with van der Waals surface area (Å²) in [6, 6.07) is 9.52. The van der Waals surface area contributed by atoms with Crippen LogP contribution in [-0.2, 0) is 24.2 Å². The van der Waals surface area contributed by atoms with Gasteiger partial charge in [-0.05, 0) is 48.3 Å². The average molecular weight is 513 g/mol. The van der Waals surface area contributed by atoms with E-state index in [2.05, 4.69) is 42.4 Å². The minimum absolute atomic E-state index is 0.0937. The molecular weight excluding hydrogens is 484 g/mol. The highest BCUT2D eigenvalue weighted by Crippen LogP contribution is 2.44. The van der Waals surface area contributed by atoms with Crippen molar-refractivity contribution < 1.29 is 18.7 Å². The van der Waals surface area contributed by atoms with E-state index >= 15 is 0 Å². The second-order valence-corrected chi connectivity index (χ2v) is 11.4. The lowest BCUT2D eigenvalue weighted by molar-refractivity contribution is -0.113. The molecular formula is C25H28N4O4S2. The van der Waals surface area contributed by atoms with Crippen LogP contribution in [0.1, 0.15) is 49.1 Å². The Morgan fingerprint density at radius 2 is 2.14 bits per heavy atom. The number of nitriles is 1. The van der Waals surface area contributed by atoms with Crippen LogP contribution in [-0.4, -0.2) is 29.0 Å². The van der Waals surface area contributed by atoms with Gasteiger partial charge in [-0.2, -0.15) is 5.26 Å². The number of thiophene rings is 1. The van der Waals surface area contributed by atoms with E-state index in [-0.39, 0.29) is 28.9 Å². The van der Waals surface area contributed by atoms with Gasteiger partial charge in [0.1, 0.15) is 22.6 Å². The van der Waals surface area contributed by atoms with Gasteiger partial charge in [0.05, 0.1) is 18.4 Å². The summed E-state index contributed by atoms with van der Waals surface area (Å²) in [6.07, 6.45) is 2.89. The van der Waals surface area contributed by atoms with Gasteiger partial charge in [-0.15, -0.1) is 21.5 Å². The Kier molecular flexibility index (Phi) is 7.67. The van der Waals surface area contributed by atoms with Crippen LogP contribution in [0.15, 0.2) is 33.9 Å². The number of methoxy groups -OCH3 is 1. The van der Waals surface area contributed by atoms with E-state index in [9.17, 15) is 10.1 Å². The fourth-order valence-corrected chi connectivity index (χ4v) is 5.89. The highest BCUT2D eigenvalue weighted by atomic mass is 32.2. The van der Waals surface area contributed by atoms with Crippen LogP contribution in [0.25, 0.3) is 0 Å². The summed E-state index contributed by atoms with van der Waals surface area (Å²) in [4.78, 5) is 13.8. The van der Waals surface area contributed by atoms with E-state index in [0.29, 0.717) is 33.9 Å². The second kappa shape index (κ2) is 10.7. The van der Waals surface area contributed by atoms with E-state index < -0.39 is 0 Å². The van der Waals surface area contributed by atoms with Crippen molar-refractivity contribution in [2.45, 2.75) is 51.9 Å². The highest BCUT2D eigenvalue weighted by Gasteiger charge is 2.32. The predicted octanol–water partition coefficient (Wildman–Crippen LogP) is 5.47. The molecule has 3 aromatic rings. The number of ether oxygens (including phenoxy) is 2. The smallest absolute Gasteiger partial charge is 0.277 e. The minimum Gasteiger partial charge on any atom is -0.497 e. The molecule has 1 atom stereocenters. The molecule has 1 aliphatic carbocycles. The molecule has 0 saturated heterocycles. The number of benzene rings is 1. The van der Waals surface area contributed by atoms with Crippen molar-refractivity contribution in [3.8, 4) is 17.6 Å². The van der Waals surface area contributed by atoms with E-state index in [4.69, 9.17) is 13.9 Å². The molecule has 184 valence electrons. The number of rotatable bonds is 8. The normalized spacial score (nSPS) is 15.2. The van der Waals surface area contributed by atoms with Gasteiger partial charge in [-0.1, -0.05) is 38.6 Å². The summed E-state index contributed by atoms with van der Waals surface area (Å²) in [5, 5.41) is 21.5. The number of aromatic nitrogens is 2. The SMILES string of the molecule is COc1cccc(OCc2nnc(SCC(=O)Nc3sc4c(c3C#N)CC[C@H](C(C)(C)C)C4)o2)c1. The summed E-state index contributed by atoms with van der Waals surface area (Å²) in [6.45, 7) is 6.88. The Morgan fingerprint density at radius 1 is 1.34 bits per heavy atom. The molecule has 2 heterocycles. The van der Waals surface area contributed by atoms with Gasteiger partial charge in [0.2, 0.25) is 5.91 Å². The molecule has 0 radical (unpaired) electrons. The molecule has 1 amide bonds. The van der Waals surface area contributed by atoms with Crippen molar-refractivity contribution >= 4 is 34.0 Å². The Labute approximate surface area is 213 Å². The van der Waals surface area contributed by atoms with E-state index in [1.807, 2.05) is 12.1 Å². The van der Waals surface area contributed by atoms with Gasteiger partial charge in [0.25, 0.3) is 11.1 Å². The number of hydrogen-bond donors (Lipinski definition) is 1. The van der Waals surface area contributed by atoms with Crippen molar-refractivity contribution in [2.24, 2.45) is 11.3 Å². The van der Waals surface area contributed by atoms with Gasteiger partial charge in [0, 0.05) is 10.9 Å². The number of anilines is 1. The zero-order valence-corrected chi connectivity index (χ0v) is 21.8. The van der Waals surface area contributed by atoms with Crippen LogP contribution >= 0.6 is 23.1 Å². The monoisotopic (exact) mass is 512 g/mol. The van der Waals surface area contributed by atoms with E-state index in [1.54, 1.807) is 19.2 Å². The summed E-state index contributed by atoms with van der Waals surface area (Å²) in [5.74, 6) is 2.06. The quantitative estimate of drug-likeness (QED) is 0.396. The maximum Gasteiger partial charge on any atom is 0.277 e.